The van der Waals surface area contributed by atoms with Crippen molar-refractivity contribution in [2.45, 2.75) is 44.7 Å². The molecule has 1 aromatic rings. The number of ether oxygens (including phenoxy) is 1. The Morgan fingerprint density at radius 1 is 1.40 bits per heavy atom. The molecule has 0 aliphatic carbocycles. The first-order chi connectivity index (χ1) is 9.61. The highest BCUT2D eigenvalue weighted by atomic mass is 19.1. The molecule has 3 nitrogen and oxygen atoms in total. The fourth-order valence-electron chi connectivity index (χ4n) is 2.76. The second-order valence-corrected chi connectivity index (χ2v) is 5.60. The van der Waals surface area contributed by atoms with Crippen LogP contribution in [0, 0.1) is 5.82 Å². The first-order valence-electron chi connectivity index (χ1n) is 7.46. The van der Waals surface area contributed by atoms with Crippen molar-refractivity contribution < 1.29 is 9.13 Å². The van der Waals surface area contributed by atoms with E-state index in [4.69, 9.17) is 10.5 Å². The number of halogens is 1. The molecule has 1 unspecified atom stereocenters. The highest BCUT2D eigenvalue weighted by molar-refractivity contribution is 5.54. The summed E-state index contributed by atoms with van der Waals surface area (Å²) < 4.78 is 18.9. The minimum Gasteiger partial charge on any atom is -0.381 e. The Balaban J connectivity index is 2.20. The molecule has 0 bridgehead atoms. The molecule has 1 atom stereocenters. The van der Waals surface area contributed by atoms with Gasteiger partial charge in [-0.1, -0.05) is 6.92 Å². The lowest BCUT2D eigenvalue weighted by Gasteiger charge is -2.34. The SMILES string of the molecule is CCC(N)Cc1cc(F)ccc1N(C)C1CCOCC1. The third-order valence-corrected chi connectivity index (χ3v) is 4.17. The van der Waals surface area contributed by atoms with E-state index in [-0.39, 0.29) is 11.9 Å². The molecule has 20 heavy (non-hydrogen) atoms. The van der Waals surface area contributed by atoms with Crippen LogP contribution in [0.3, 0.4) is 0 Å². The van der Waals surface area contributed by atoms with Crippen molar-refractivity contribution in [3.63, 3.8) is 0 Å². The van der Waals surface area contributed by atoms with E-state index in [1.165, 1.54) is 6.07 Å². The van der Waals surface area contributed by atoms with Crippen molar-refractivity contribution in [2.75, 3.05) is 25.2 Å². The summed E-state index contributed by atoms with van der Waals surface area (Å²) in [5, 5.41) is 0. The van der Waals surface area contributed by atoms with Crippen molar-refractivity contribution in [3.8, 4) is 0 Å². The molecule has 0 amide bonds. The lowest BCUT2D eigenvalue weighted by atomic mass is 10.00. The Morgan fingerprint density at radius 3 is 2.75 bits per heavy atom. The Kier molecular flexibility index (Phi) is 5.38. The average molecular weight is 280 g/mol. The van der Waals surface area contributed by atoms with Crippen LogP contribution in [-0.2, 0) is 11.2 Å². The van der Waals surface area contributed by atoms with Gasteiger partial charge in [0, 0.05) is 38.0 Å². The van der Waals surface area contributed by atoms with Gasteiger partial charge in [-0.3, -0.25) is 0 Å². The van der Waals surface area contributed by atoms with Crippen LogP contribution in [0.25, 0.3) is 0 Å². The van der Waals surface area contributed by atoms with E-state index in [2.05, 4.69) is 18.9 Å². The van der Waals surface area contributed by atoms with Gasteiger partial charge in [-0.05, 0) is 49.4 Å². The van der Waals surface area contributed by atoms with Crippen LogP contribution >= 0.6 is 0 Å². The van der Waals surface area contributed by atoms with Crippen molar-refractivity contribution in [1.82, 2.24) is 0 Å². The summed E-state index contributed by atoms with van der Waals surface area (Å²) in [7, 11) is 2.09. The smallest absolute Gasteiger partial charge is 0.123 e. The maximum absolute atomic E-state index is 13.5. The molecule has 1 saturated heterocycles. The average Bonchev–Trinajstić information content (AvgIpc) is 2.47. The summed E-state index contributed by atoms with van der Waals surface area (Å²) in [6, 6.07) is 5.58. The topological polar surface area (TPSA) is 38.5 Å². The molecule has 2 rings (SSSR count). The van der Waals surface area contributed by atoms with E-state index in [0.29, 0.717) is 6.04 Å². The first kappa shape index (κ1) is 15.3. The molecule has 1 heterocycles. The number of benzene rings is 1. The molecule has 0 radical (unpaired) electrons. The lowest BCUT2D eigenvalue weighted by molar-refractivity contribution is 0.0854. The Morgan fingerprint density at radius 2 is 2.10 bits per heavy atom. The normalized spacial score (nSPS) is 18.0. The maximum Gasteiger partial charge on any atom is 0.123 e. The zero-order valence-electron chi connectivity index (χ0n) is 12.4. The summed E-state index contributed by atoms with van der Waals surface area (Å²) >= 11 is 0. The van der Waals surface area contributed by atoms with E-state index in [1.807, 2.05) is 6.07 Å². The summed E-state index contributed by atoms with van der Waals surface area (Å²) in [6.45, 7) is 3.67. The number of hydrogen-bond acceptors (Lipinski definition) is 3. The third-order valence-electron chi connectivity index (χ3n) is 4.17. The van der Waals surface area contributed by atoms with E-state index >= 15 is 0 Å². The van der Waals surface area contributed by atoms with Gasteiger partial charge in [0.25, 0.3) is 0 Å². The summed E-state index contributed by atoms with van der Waals surface area (Å²) in [5.74, 6) is -0.188. The molecule has 1 fully saturated rings. The number of anilines is 1. The van der Waals surface area contributed by atoms with Gasteiger partial charge in [0.2, 0.25) is 0 Å². The van der Waals surface area contributed by atoms with Crippen LogP contribution in [0.5, 0.6) is 0 Å². The molecule has 112 valence electrons. The zero-order valence-corrected chi connectivity index (χ0v) is 12.4. The number of hydrogen-bond donors (Lipinski definition) is 1. The molecule has 1 aromatic carbocycles. The minimum absolute atomic E-state index is 0.0821. The molecule has 0 aromatic heterocycles. The van der Waals surface area contributed by atoms with Crippen LogP contribution in [0.4, 0.5) is 10.1 Å². The largest absolute Gasteiger partial charge is 0.381 e. The van der Waals surface area contributed by atoms with Gasteiger partial charge < -0.3 is 15.4 Å². The summed E-state index contributed by atoms with van der Waals surface area (Å²) in [4.78, 5) is 2.26. The number of rotatable bonds is 5. The fraction of sp³-hybridized carbons (Fsp3) is 0.625. The zero-order chi connectivity index (χ0) is 14.5. The predicted octanol–water partition coefficient (Wildman–Crippen LogP) is 2.72. The second kappa shape index (κ2) is 7.04. The lowest BCUT2D eigenvalue weighted by Crippen LogP contribution is -2.37. The Bertz CT molecular complexity index is 432. The quantitative estimate of drug-likeness (QED) is 0.901. The van der Waals surface area contributed by atoms with Gasteiger partial charge in [-0.2, -0.15) is 0 Å². The Labute approximate surface area is 120 Å². The molecular weight excluding hydrogens is 255 g/mol. The van der Waals surface area contributed by atoms with Gasteiger partial charge in [-0.25, -0.2) is 4.39 Å². The van der Waals surface area contributed by atoms with Gasteiger partial charge in [-0.15, -0.1) is 0 Å². The fourth-order valence-corrected chi connectivity index (χ4v) is 2.76. The van der Waals surface area contributed by atoms with Crippen molar-refractivity contribution in [1.29, 1.82) is 0 Å². The highest BCUT2D eigenvalue weighted by Crippen LogP contribution is 2.27. The van der Waals surface area contributed by atoms with Crippen molar-refractivity contribution in [2.24, 2.45) is 5.73 Å². The maximum atomic E-state index is 13.5. The second-order valence-electron chi connectivity index (χ2n) is 5.60. The van der Waals surface area contributed by atoms with Gasteiger partial charge >= 0.3 is 0 Å². The van der Waals surface area contributed by atoms with Crippen LogP contribution in [-0.4, -0.2) is 32.3 Å². The minimum atomic E-state index is -0.188. The van der Waals surface area contributed by atoms with E-state index < -0.39 is 0 Å². The standard InChI is InChI=1S/C16H25FN2O/c1-3-14(18)11-12-10-13(17)4-5-16(12)19(2)15-6-8-20-9-7-15/h4-5,10,14-15H,3,6-9,11,18H2,1-2H3. The number of nitrogens with two attached hydrogens (primary N) is 1. The van der Waals surface area contributed by atoms with Crippen LogP contribution in [0.1, 0.15) is 31.7 Å². The monoisotopic (exact) mass is 280 g/mol. The van der Waals surface area contributed by atoms with Crippen LogP contribution in [0.15, 0.2) is 18.2 Å². The van der Waals surface area contributed by atoms with Crippen molar-refractivity contribution in [3.05, 3.63) is 29.6 Å². The molecule has 4 heteroatoms. The van der Waals surface area contributed by atoms with E-state index in [0.717, 1.165) is 50.1 Å². The van der Waals surface area contributed by atoms with Crippen LogP contribution in [0.2, 0.25) is 0 Å². The van der Waals surface area contributed by atoms with Crippen LogP contribution < -0.4 is 10.6 Å². The molecule has 2 N–H and O–H groups in total. The highest BCUT2D eigenvalue weighted by Gasteiger charge is 2.21. The van der Waals surface area contributed by atoms with Gasteiger partial charge in [0.15, 0.2) is 0 Å². The Hall–Kier alpha value is -1.13. The third kappa shape index (κ3) is 3.70. The van der Waals surface area contributed by atoms with Gasteiger partial charge in [0.1, 0.15) is 5.82 Å². The molecule has 0 saturated carbocycles. The molecule has 1 aliphatic rings. The molecule has 0 spiro atoms. The number of nitrogens with zero attached hydrogens (tertiary/aromatic N) is 1. The predicted molar refractivity (Wildman–Crippen MR) is 80.6 cm³/mol. The molecular formula is C16H25FN2O. The van der Waals surface area contributed by atoms with Crippen molar-refractivity contribution >= 4 is 5.69 Å². The summed E-state index contributed by atoms with van der Waals surface area (Å²) in [6.07, 6.45) is 3.66. The molecule has 1 aliphatic heterocycles. The summed E-state index contributed by atoms with van der Waals surface area (Å²) in [5.41, 5.74) is 8.15. The van der Waals surface area contributed by atoms with E-state index in [1.54, 1.807) is 6.07 Å². The van der Waals surface area contributed by atoms with Gasteiger partial charge in [0.05, 0.1) is 0 Å². The van der Waals surface area contributed by atoms with E-state index in [9.17, 15) is 4.39 Å². The first-order valence-corrected chi connectivity index (χ1v) is 7.46.